The van der Waals surface area contributed by atoms with Crippen molar-refractivity contribution in [2.75, 3.05) is 0 Å². The molecule has 0 radical (unpaired) electrons. The summed E-state index contributed by atoms with van der Waals surface area (Å²) >= 11 is 5.76. The lowest BCUT2D eigenvalue weighted by Gasteiger charge is -2.17. The summed E-state index contributed by atoms with van der Waals surface area (Å²) in [4.78, 5) is 21.7. The molecule has 0 aromatic carbocycles. The first-order valence-electron chi connectivity index (χ1n) is 8.82. The number of halogens is 4. The highest BCUT2D eigenvalue weighted by molar-refractivity contribution is 6.30. The van der Waals surface area contributed by atoms with Gasteiger partial charge in [-0.15, -0.1) is 0 Å². The fourth-order valence-electron chi connectivity index (χ4n) is 2.69. The van der Waals surface area contributed by atoms with Crippen LogP contribution in [0, 0.1) is 5.92 Å². The maximum atomic E-state index is 13.1. The van der Waals surface area contributed by atoms with Crippen molar-refractivity contribution in [3.8, 4) is 0 Å². The van der Waals surface area contributed by atoms with Crippen LogP contribution >= 0.6 is 11.6 Å². The Morgan fingerprint density at radius 1 is 1.39 bits per heavy atom. The summed E-state index contributed by atoms with van der Waals surface area (Å²) < 4.78 is 41.8. The van der Waals surface area contributed by atoms with Crippen LogP contribution in [0.3, 0.4) is 0 Å². The highest BCUT2D eigenvalue weighted by atomic mass is 35.5. The smallest absolute Gasteiger partial charge is 0.315 e. The van der Waals surface area contributed by atoms with Gasteiger partial charge in [0.25, 0.3) is 5.56 Å². The summed E-state index contributed by atoms with van der Waals surface area (Å²) in [5.41, 5.74) is 0.512. The Morgan fingerprint density at radius 3 is 2.61 bits per heavy atom. The molecule has 5 nitrogen and oxygen atoms in total. The molecule has 2 rings (SSSR count). The fourth-order valence-corrected chi connectivity index (χ4v) is 2.75. The first kappa shape index (κ1) is 21.9. The largest absolute Gasteiger partial charge is 0.391 e. The van der Waals surface area contributed by atoms with Gasteiger partial charge in [0.1, 0.15) is 5.82 Å². The number of rotatable bonds is 7. The number of aromatic nitrogens is 4. The maximum Gasteiger partial charge on any atom is 0.391 e. The van der Waals surface area contributed by atoms with Crippen LogP contribution in [0.2, 0.25) is 0 Å². The molecular weight excluding hydrogens is 393 g/mol. The number of aryl methyl sites for hydroxylation is 2. The van der Waals surface area contributed by atoms with Crippen molar-refractivity contribution in [2.45, 2.75) is 46.3 Å². The Morgan fingerprint density at radius 2 is 2.07 bits per heavy atom. The van der Waals surface area contributed by atoms with Crippen molar-refractivity contribution in [1.82, 2.24) is 19.1 Å². The molecule has 152 valence electrons. The standard InChI is InChI=1S/C19H22ClF3N4O/c1-5-14(9-8-13(4)20)27-15(10-7-12(3)19(21,22)23)25-17-16(18(27)28)24-11-26(17)6-2/h5,8-9,11-12H,4,6-7,10H2,1-3H3/b9-8-,14-5+. The van der Waals surface area contributed by atoms with Crippen molar-refractivity contribution in [3.05, 3.63) is 52.3 Å². The Bertz CT molecular complexity index is 985. The number of allylic oxidation sites excluding steroid dienone is 5. The highest BCUT2D eigenvalue weighted by Gasteiger charge is 2.35. The number of imidazole rings is 1. The topological polar surface area (TPSA) is 52.7 Å². The van der Waals surface area contributed by atoms with Crippen LogP contribution in [0.4, 0.5) is 13.2 Å². The van der Waals surface area contributed by atoms with Gasteiger partial charge in [0.05, 0.1) is 12.2 Å². The van der Waals surface area contributed by atoms with E-state index in [0.29, 0.717) is 17.9 Å². The van der Waals surface area contributed by atoms with Gasteiger partial charge in [-0.25, -0.2) is 9.97 Å². The van der Waals surface area contributed by atoms with Gasteiger partial charge in [-0.2, -0.15) is 13.2 Å². The number of fused-ring (bicyclic) bond motifs is 1. The average Bonchev–Trinajstić information content (AvgIpc) is 3.03. The lowest BCUT2D eigenvalue weighted by molar-refractivity contribution is -0.171. The van der Waals surface area contributed by atoms with Crippen LogP contribution in [0.5, 0.6) is 0 Å². The third-order valence-corrected chi connectivity index (χ3v) is 4.52. The summed E-state index contributed by atoms with van der Waals surface area (Å²) in [5, 5.41) is 0.254. The van der Waals surface area contributed by atoms with Crippen LogP contribution < -0.4 is 5.56 Å². The number of alkyl halides is 3. The Balaban J connectivity index is 2.63. The van der Waals surface area contributed by atoms with Gasteiger partial charge in [0.2, 0.25) is 0 Å². The van der Waals surface area contributed by atoms with Gasteiger partial charge < -0.3 is 4.57 Å². The van der Waals surface area contributed by atoms with Crippen LogP contribution in [0.25, 0.3) is 16.9 Å². The van der Waals surface area contributed by atoms with Crippen LogP contribution in [-0.4, -0.2) is 25.3 Å². The molecule has 0 spiro atoms. The number of nitrogens with zero attached hydrogens (tertiary/aromatic N) is 4. The first-order chi connectivity index (χ1) is 13.1. The summed E-state index contributed by atoms with van der Waals surface area (Å²) in [6.07, 6.45) is 1.70. The molecule has 1 unspecified atom stereocenters. The van der Waals surface area contributed by atoms with Crippen LogP contribution in [0.1, 0.15) is 33.0 Å². The second-order valence-corrected chi connectivity index (χ2v) is 6.83. The molecule has 1 atom stereocenters. The van der Waals surface area contributed by atoms with E-state index in [9.17, 15) is 18.0 Å². The van der Waals surface area contributed by atoms with Gasteiger partial charge in [-0.1, -0.05) is 31.2 Å². The molecule has 28 heavy (non-hydrogen) atoms. The van der Waals surface area contributed by atoms with E-state index in [0.717, 1.165) is 6.92 Å². The molecule has 9 heteroatoms. The molecule has 0 N–H and O–H groups in total. The molecule has 0 bridgehead atoms. The molecule has 0 aliphatic rings. The Labute approximate surface area is 165 Å². The minimum absolute atomic E-state index is 0.0201. The highest BCUT2D eigenvalue weighted by Crippen LogP contribution is 2.29. The van der Waals surface area contributed by atoms with Crippen LogP contribution in [-0.2, 0) is 13.0 Å². The lowest BCUT2D eigenvalue weighted by Crippen LogP contribution is -2.27. The third-order valence-electron chi connectivity index (χ3n) is 4.40. The zero-order valence-electron chi connectivity index (χ0n) is 15.9. The van der Waals surface area contributed by atoms with Gasteiger partial charge in [0, 0.05) is 23.7 Å². The second kappa shape index (κ2) is 8.77. The zero-order valence-corrected chi connectivity index (χ0v) is 16.7. The van der Waals surface area contributed by atoms with E-state index >= 15 is 0 Å². The lowest BCUT2D eigenvalue weighted by atomic mass is 10.0. The summed E-state index contributed by atoms with van der Waals surface area (Å²) in [6, 6.07) is 0. The van der Waals surface area contributed by atoms with Gasteiger partial charge in [-0.05, 0) is 32.4 Å². The van der Waals surface area contributed by atoms with E-state index in [1.54, 1.807) is 23.6 Å². The van der Waals surface area contributed by atoms with Crippen molar-refractivity contribution in [3.63, 3.8) is 0 Å². The average molecular weight is 415 g/mol. The predicted molar refractivity (Wildman–Crippen MR) is 105 cm³/mol. The minimum Gasteiger partial charge on any atom is -0.315 e. The molecule has 0 saturated heterocycles. The molecule has 0 fully saturated rings. The third kappa shape index (κ3) is 4.73. The second-order valence-electron chi connectivity index (χ2n) is 6.35. The molecule has 0 saturated carbocycles. The van der Waals surface area contributed by atoms with Crippen molar-refractivity contribution in [2.24, 2.45) is 5.92 Å². The minimum atomic E-state index is -4.31. The molecule has 2 aromatic heterocycles. The van der Waals surface area contributed by atoms with Crippen molar-refractivity contribution >= 4 is 28.5 Å². The van der Waals surface area contributed by atoms with E-state index in [1.165, 1.54) is 17.0 Å². The summed E-state index contributed by atoms with van der Waals surface area (Å²) in [5.74, 6) is -1.28. The Hall–Kier alpha value is -2.35. The molecular formula is C19H22ClF3N4O. The van der Waals surface area contributed by atoms with E-state index < -0.39 is 17.7 Å². The molecule has 2 aromatic rings. The van der Waals surface area contributed by atoms with Gasteiger partial charge in [-0.3, -0.25) is 9.36 Å². The maximum absolute atomic E-state index is 13.1. The van der Waals surface area contributed by atoms with Gasteiger partial charge in [0.15, 0.2) is 11.2 Å². The SMILES string of the molecule is C=C(Cl)/C=C\C(=C/C)n1c(CCC(C)C(F)(F)F)nc2c(ncn2CC)c1=O. The van der Waals surface area contributed by atoms with Crippen molar-refractivity contribution < 1.29 is 13.2 Å². The summed E-state index contributed by atoms with van der Waals surface area (Å²) in [6.45, 7) is 8.79. The Kier molecular flexibility index (Phi) is 6.87. The quantitative estimate of drug-likeness (QED) is 0.604. The van der Waals surface area contributed by atoms with Crippen molar-refractivity contribution in [1.29, 1.82) is 0 Å². The van der Waals surface area contributed by atoms with Gasteiger partial charge >= 0.3 is 6.18 Å². The zero-order chi connectivity index (χ0) is 21.1. The monoisotopic (exact) mass is 414 g/mol. The molecule has 0 aliphatic heterocycles. The van der Waals surface area contributed by atoms with E-state index in [4.69, 9.17) is 11.6 Å². The van der Waals surface area contributed by atoms with Crippen LogP contribution in [0.15, 0.2) is 41.0 Å². The normalized spacial score (nSPS) is 14.2. The summed E-state index contributed by atoms with van der Waals surface area (Å²) in [7, 11) is 0. The fraction of sp³-hybridized carbons (Fsp3) is 0.421. The van der Waals surface area contributed by atoms with E-state index in [1.807, 2.05) is 6.92 Å². The predicted octanol–water partition coefficient (Wildman–Crippen LogP) is 4.91. The number of hydrogen-bond donors (Lipinski definition) is 0. The number of hydrogen-bond acceptors (Lipinski definition) is 3. The van der Waals surface area contributed by atoms with E-state index in [2.05, 4.69) is 16.5 Å². The molecule has 0 aliphatic carbocycles. The molecule has 0 amide bonds. The van der Waals surface area contributed by atoms with E-state index in [-0.39, 0.29) is 29.2 Å². The molecule has 2 heterocycles. The first-order valence-corrected chi connectivity index (χ1v) is 9.20.